The number of aromatic nitrogens is 4. The molecule has 53 heavy (non-hydrogen) atoms. The maximum absolute atomic E-state index is 13.0. The number of para-hydroxylation sites is 1. The normalized spacial score (nSPS) is 18.2. The molecule has 1 saturated heterocycles. The number of carboxylic acid groups (broad SMARTS) is 1. The summed E-state index contributed by atoms with van der Waals surface area (Å²) in [6.07, 6.45) is -2.65. The van der Waals surface area contributed by atoms with Crippen LogP contribution in [0.2, 0.25) is 5.15 Å². The monoisotopic (exact) mass is 794 g/mol. The molecule has 2 aliphatic rings. The molecule has 6 rings (SSSR count). The number of nitrogens with zero attached hydrogens (tertiary/aromatic N) is 6. The summed E-state index contributed by atoms with van der Waals surface area (Å²) in [5.74, 6) is -0.259. The van der Waals surface area contributed by atoms with Gasteiger partial charge in [-0.25, -0.2) is 9.78 Å². The van der Waals surface area contributed by atoms with Gasteiger partial charge in [0.25, 0.3) is 0 Å². The van der Waals surface area contributed by atoms with Gasteiger partial charge in [0.15, 0.2) is 0 Å². The molecule has 284 valence electrons. The molecule has 0 saturated carbocycles. The first-order valence-corrected chi connectivity index (χ1v) is 18.6. The van der Waals surface area contributed by atoms with E-state index in [1.54, 1.807) is 30.5 Å². The van der Waals surface area contributed by atoms with E-state index in [4.69, 9.17) is 37.4 Å². The number of piperazine rings is 1. The van der Waals surface area contributed by atoms with E-state index < -0.39 is 24.8 Å². The quantitative estimate of drug-likeness (QED) is 0.131. The van der Waals surface area contributed by atoms with Crippen LogP contribution < -0.4 is 9.47 Å². The van der Waals surface area contributed by atoms with Gasteiger partial charge in [0, 0.05) is 63.5 Å². The molecule has 1 aliphatic carbocycles. The molecule has 17 heteroatoms. The van der Waals surface area contributed by atoms with Gasteiger partial charge in [-0.3, -0.25) is 9.58 Å². The SMILES string of the molecule is CC1=C(c2c(Cl)ncc3snc(O[C@H](Cc4ccccc4OCc4ccnn4CC(F)(F)F)C(=O)O)c23)C(C)CC(OCCN2CCN(C)CC2)=C1Cl. The Labute approximate surface area is 318 Å². The van der Waals surface area contributed by atoms with Crippen LogP contribution in [0.15, 0.2) is 59.1 Å². The number of likely N-dealkylation sites (N-methyl/N-ethyl adjacent to an activating group) is 1. The van der Waals surface area contributed by atoms with E-state index in [1.807, 2.05) is 6.92 Å². The van der Waals surface area contributed by atoms with Crippen molar-refractivity contribution in [2.24, 2.45) is 5.92 Å². The molecule has 1 aromatic carbocycles. The Balaban J connectivity index is 1.23. The number of ether oxygens (including phenoxy) is 3. The van der Waals surface area contributed by atoms with Crippen LogP contribution in [0.5, 0.6) is 11.6 Å². The second-order valence-electron chi connectivity index (χ2n) is 13.2. The van der Waals surface area contributed by atoms with Gasteiger partial charge in [0.1, 0.15) is 36.4 Å². The van der Waals surface area contributed by atoms with Gasteiger partial charge in [0.2, 0.25) is 12.0 Å². The minimum absolute atomic E-state index is 0.0768. The Kier molecular flexibility index (Phi) is 12.2. The van der Waals surface area contributed by atoms with Crippen LogP contribution in [0.4, 0.5) is 13.2 Å². The van der Waals surface area contributed by atoms with Crippen LogP contribution in [0.25, 0.3) is 15.7 Å². The number of hydrogen-bond donors (Lipinski definition) is 1. The lowest BCUT2D eigenvalue weighted by molar-refractivity contribution is -0.145. The van der Waals surface area contributed by atoms with Crippen molar-refractivity contribution >= 4 is 56.4 Å². The van der Waals surface area contributed by atoms with E-state index in [1.165, 1.54) is 12.3 Å². The summed E-state index contributed by atoms with van der Waals surface area (Å²) in [5.41, 5.74) is 2.85. The van der Waals surface area contributed by atoms with Crippen LogP contribution in [0.3, 0.4) is 0 Å². The van der Waals surface area contributed by atoms with Crippen LogP contribution >= 0.6 is 34.7 Å². The molecule has 1 unspecified atom stereocenters. The lowest BCUT2D eigenvalue weighted by Crippen LogP contribution is -2.45. The summed E-state index contributed by atoms with van der Waals surface area (Å²) in [6, 6.07) is 8.10. The van der Waals surface area contributed by atoms with Crippen LogP contribution in [0, 0.1) is 5.92 Å². The molecular weight excluding hydrogens is 756 g/mol. The zero-order valence-electron chi connectivity index (χ0n) is 29.3. The highest BCUT2D eigenvalue weighted by Crippen LogP contribution is 2.48. The van der Waals surface area contributed by atoms with E-state index in [0.717, 1.165) is 60.1 Å². The van der Waals surface area contributed by atoms with E-state index in [9.17, 15) is 23.1 Å². The van der Waals surface area contributed by atoms with Gasteiger partial charge < -0.3 is 24.2 Å². The molecule has 4 heterocycles. The number of pyridine rings is 1. The van der Waals surface area contributed by atoms with E-state index >= 15 is 0 Å². The minimum Gasteiger partial charge on any atom is -0.495 e. The van der Waals surface area contributed by atoms with Crippen molar-refractivity contribution in [3.8, 4) is 11.6 Å². The van der Waals surface area contributed by atoms with Gasteiger partial charge in [-0.1, -0.05) is 48.3 Å². The maximum atomic E-state index is 13.0. The number of aliphatic carboxylic acids is 1. The van der Waals surface area contributed by atoms with Crippen molar-refractivity contribution in [2.75, 3.05) is 46.4 Å². The molecule has 0 spiro atoms. The highest BCUT2D eigenvalue weighted by atomic mass is 35.5. The van der Waals surface area contributed by atoms with Gasteiger partial charge in [0.05, 0.1) is 20.8 Å². The van der Waals surface area contributed by atoms with E-state index in [-0.39, 0.29) is 41.4 Å². The molecule has 11 nitrogen and oxygen atoms in total. The number of carboxylic acids is 1. The van der Waals surface area contributed by atoms with Gasteiger partial charge in [-0.15, -0.1) is 0 Å². The third-order valence-electron chi connectivity index (χ3n) is 9.37. The molecular formula is C36H39Cl2F3N6O5S. The third kappa shape index (κ3) is 9.26. The highest BCUT2D eigenvalue weighted by molar-refractivity contribution is 7.13. The molecule has 0 amide bonds. The first-order chi connectivity index (χ1) is 25.3. The first-order valence-electron chi connectivity index (χ1n) is 17.0. The number of carbonyl (C=O) groups is 1. The van der Waals surface area contributed by atoms with Crippen molar-refractivity contribution in [3.63, 3.8) is 0 Å². The van der Waals surface area contributed by atoms with E-state index in [0.29, 0.717) is 45.0 Å². The molecule has 2 atom stereocenters. The fourth-order valence-electron chi connectivity index (χ4n) is 6.58. The van der Waals surface area contributed by atoms with Crippen molar-refractivity contribution in [2.45, 2.75) is 52.1 Å². The Bertz CT molecular complexity index is 2010. The number of allylic oxidation sites excluding steroid dienone is 4. The Morgan fingerprint density at radius 3 is 2.62 bits per heavy atom. The minimum atomic E-state index is -4.46. The maximum Gasteiger partial charge on any atom is 0.408 e. The second-order valence-corrected chi connectivity index (χ2v) is 14.7. The number of halogens is 5. The molecule has 1 N–H and O–H groups in total. The lowest BCUT2D eigenvalue weighted by atomic mass is 9.83. The summed E-state index contributed by atoms with van der Waals surface area (Å²) in [7, 11) is 2.12. The van der Waals surface area contributed by atoms with Gasteiger partial charge >= 0.3 is 12.1 Å². The Morgan fingerprint density at radius 2 is 1.89 bits per heavy atom. The zero-order valence-corrected chi connectivity index (χ0v) is 31.7. The number of hydrogen-bond acceptors (Lipinski definition) is 10. The number of rotatable bonds is 14. The van der Waals surface area contributed by atoms with Crippen molar-refractivity contribution in [1.82, 2.24) is 28.9 Å². The average Bonchev–Trinajstić information content (AvgIpc) is 3.73. The Morgan fingerprint density at radius 1 is 1.13 bits per heavy atom. The summed E-state index contributed by atoms with van der Waals surface area (Å²) in [4.78, 5) is 21.7. The Hall–Kier alpha value is -3.89. The number of alkyl halides is 3. The molecule has 3 aromatic heterocycles. The predicted molar refractivity (Wildman–Crippen MR) is 196 cm³/mol. The smallest absolute Gasteiger partial charge is 0.408 e. The summed E-state index contributed by atoms with van der Waals surface area (Å²) >= 11 is 14.9. The zero-order chi connectivity index (χ0) is 37.9. The molecule has 0 bridgehead atoms. The summed E-state index contributed by atoms with van der Waals surface area (Å²) in [6.45, 7) is 7.82. The summed E-state index contributed by atoms with van der Waals surface area (Å²) < 4.78 is 63.3. The van der Waals surface area contributed by atoms with Crippen LogP contribution in [0.1, 0.15) is 37.1 Å². The average molecular weight is 796 g/mol. The van der Waals surface area contributed by atoms with Crippen molar-refractivity contribution in [1.29, 1.82) is 0 Å². The molecule has 1 fully saturated rings. The largest absolute Gasteiger partial charge is 0.495 e. The lowest BCUT2D eigenvalue weighted by Gasteiger charge is -2.33. The topological polar surface area (TPSA) is 115 Å². The molecule has 4 aromatic rings. The highest BCUT2D eigenvalue weighted by Gasteiger charge is 2.33. The van der Waals surface area contributed by atoms with Crippen LogP contribution in [-0.4, -0.2) is 98.7 Å². The fourth-order valence-corrected chi connectivity index (χ4v) is 7.76. The van der Waals surface area contributed by atoms with Crippen molar-refractivity contribution < 1.29 is 37.3 Å². The molecule has 0 radical (unpaired) electrons. The van der Waals surface area contributed by atoms with Crippen molar-refractivity contribution in [3.05, 3.63) is 81.1 Å². The summed E-state index contributed by atoms with van der Waals surface area (Å²) in [5, 5.41) is 15.3. The van der Waals surface area contributed by atoms with Crippen LogP contribution in [-0.2, 0) is 29.1 Å². The first kappa shape index (κ1) is 38.8. The second kappa shape index (κ2) is 16.6. The predicted octanol–water partition coefficient (Wildman–Crippen LogP) is 7.28. The fraction of sp³-hybridized carbons (Fsp3) is 0.444. The number of benzene rings is 1. The van der Waals surface area contributed by atoms with E-state index in [2.05, 4.69) is 38.2 Å². The third-order valence-corrected chi connectivity index (χ3v) is 10.9. The molecule has 1 aliphatic heterocycles. The standard InChI is InChI=1S/C36H39Cl2F3N6O5S/c1-21-16-26(50-15-14-46-12-10-45(3)11-13-46)32(37)22(2)29(21)31-30-28(18-42-33(31)38)53-44-34(30)52-27(35(48)49)17-23-6-4-5-7-25(23)51-19-24-8-9-43-47(24)20-36(39,40)41/h4-9,18,21,27H,10-17,19-20H2,1-3H3,(H,48,49)/t21?,27-/m1/s1. The van der Waals surface area contributed by atoms with Gasteiger partial charge in [-0.2, -0.15) is 22.6 Å². The van der Waals surface area contributed by atoms with Gasteiger partial charge in [-0.05, 0) is 60.3 Å². The number of fused-ring (bicyclic) bond motifs is 1.